The van der Waals surface area contributed by atoms with Gasteiger partial charge in [-0.2, -0.15) is 0 Å². The Labute approximate surface area is 102 Å². The molecule has 4 nitrogen and oxygen atoms in total. The smallest absolute Gasteiger partial charge is 0.272 e. The van der Waals surface area contributed by atoms with Crippen LogP contribution in [0.2, 0.25) is 0 Å². The number of rotatable bonds is 4. The first-order valence-corrected chi connectivity index (χ1v) is 5.79. The number of aryl methyl sites for hydroxylation is 1. The number of pyridine rings is 1. The fourth-order valence-electron chi connectivity index (χ4n) is 1.62. The van der Waals surface area contributed by atoms with Gasteiger partial charge in [-0.1, -0.05) is 6.07 Å². The number of aliphatic hydroxyl groups is 1. The highest BCUT2D eigenvalue weighted by Gasteiger charge is 2.22. The summed E-state index contributed by atoms with van der Waals surface area (Å²) in [5.74, 6) is -0.140. The second-order valence-corrected chi connectivity index (χ2v) is 4.80. The molecule has 1 heterocycles. The van der Waals surface area contributed by atoms with Gasteiger partial charge in [0.25, 0.3) is 5.91 Å². The van der Waals surface area contributed by atoms with Crippen LogP contribution in [-0.2, 0) is 0 Å². The number of nitrogens with zero attached hydrogens (tertiary/aromatic N) is 2. The number of hydrogen-bond acceptors (Lipinski definition) is 3. The van der Waals surface area contributed by atoms with Gasteiger partial charge in [0, 0.05) is 18.8 Å². The molecule has 1 rings (SSSR count). The topological polar surface area (TPSA) is 53.4 Å². The Balaban J connectivity index is 2.87. The van der Waals surface area contributed by atoms with Gasteiger partial charge in [-0.3, -0.25) is 4.79 Å². The van der Waals surface area contributed by atoms with Crippen molar-refractivity contribution in [3.63, 3.8) is 0 Å². The molecule has 0 saturated heterocycles. The van der Waals surface area contributed by atoms with Crippen LogP contribution < -0.4 is 0 Å². The average Bonchev–Trinajstić information content (AvgIpc) is 2.23. The van der Waals surface area contributed by atoms with E-state index >= 15 is 0 Å². The predicted octanol–water partition coefficient (Wildman–Crippen LogP) is 1.62. The molecule has 94 valence electrons. The second-order valence-electron chi connectivity index (χ2n) is 4.80. The Morgan fingerprint density at radius 1 is 1.47 bits per heavy atom. The molecule has 0 fully saturated rings. The maximum atomic E-state index is 12.2. The van der Waals surface area contributed by atoms with Gasteiger partial charge in [0.05, 0.1) is 5.60 Å². The molecule has 0 aliphatic heterocycles. The molecule has 0 radical (unpaired) electrons. The summed E-state index contributed by atoms with van der Waals surface area (Å²) in [5.41, 5.74) is 0.349. The van der Waals surface area contributed by atoms with Crippen LogP contribution in [0.5, 0.6) is 0 Å². The van der Waals surface area contributed by atoms with Gasteiger partial charge in [0.2, 0.25) is 0 Å². The van der Waals surface area contributed by atoms with Crippen molar-refractivity contribution in [3.05, 3.63) is 29.6 Å². The van der Waals surface area contributed by atoms with E-state index in [0.29, 0.717) is 18.8 Å². The van der Waals surface area contributed by atoms with Crippen LogP contribution in [0.3, 0.4) is 0 Å². The third-order valence-electron chi connectivity index (χ3n) is 2.35. The van der Waals surface area contributed by atoms with Gasteiger partial charge in [-0.05, 0) is 39.8 Å². The first-order chi connectivity index (χ1) is 7.83. The molecule has 0 unspecified atom stereocenters. The van der Waals surface area contributed by atoms with Crippen LogP contribution in [0.1, 0.15) is 37.0 Å². The first-order valence-electron chi connectivity index (χ1n) is 5.79. The average molecular weight is 236 g/mol. The van der Waals surface area contributed by atoms with Gasteiger partial charge < -0.3 is 10.0 Å². The van der Waals surface area contributed by atoms with Crippen molar-refractivity contribution in [1.82, 2.24) is 9.88 Å². The van der Waals surface area contributed by atoms with E-state index in [2.05, 4.69) is 4.98 Å². The van der Waals surface area contributed by atoms with E-state index in [4.69, 9.17) is 0 Å². The minimum atomic E-state index is -0.893. The summed E-state index contributed by atoms with van der Waals surface area (Å²) in [6.45, 7) is 7.97. The Bertz CT molecular complexity index is 397. The lowest BCUT2D eigenvalue weighted by atomic mass is 10.1. The lowest BCUT2D eigenvalue weighted by Gasteiger charge is -2.27. The standard InChI is InChI=1S/C13H20N2O2/c1-5-15(9-13(3,4)17)12(16)11-8-6-7-10(2)14-11/h6-8,17H,5,9H2,1-4H3. The van der Waals surface area contributed by atoms with Crippen molar-refractivity contribution in [3.8, 4) is 0 Å². The van der Waals surface area contributed by atoms with Crippen molar-refractivity contribution in [2.45, 2.75) is 33.3 Å². The minimum absolute atomic E-state index is 0.140. The maximum absolute atomic E-state index is 12.2. The zero-order valence-corrected chi connectivity index (χ0v) is 10.9. The van der Waals surface area contributed by atoms with E-state index in [0.717, 1.165) is 5.69 Å². The summed E-state index contributed by atoms with van der Waals surface area (Å²) in [6.07, 6.45) is 0. The monoisotopic (exact) mass is 236 g/mol. The Morgan fingerprint density at radius 2 is 2.12 bits per heavy atom. The molecule has 0 spiro atoms. The molecule has 1 N–H and O–H groups in total. The maximum Gasteiger partial charge on any atom is 0.272 e. The number of hydrogen-bond donors (Lipinski definition) is 1. The fourth-order valence-corrected chi connectivity index (χ4v) is 1.62. The summed E-state index contributed by atoms with van der Waals surface area (Å²) in [4.78, 5) is 18.0. The Morgan fingerprint density at radius 3 is 2.59 bits per heavy atom. The van der Waals surface area contributed by atoms with Crippen molar-refractivity contribution in [2.24, 2.45) is 0 Å². The third kappa shape index (κ3) is 4.15. The zero-order valence-electron chi connectivity index (χ0n) is 10.9. The van der Waals surface area contributed by atoms with Gasteiger partial charge in [0.15, 0.2) is 0 Å². The van der Waals surface area contributed by atoms with E-state index in [-0.39, 0.29) is 5.91 Å². The molecule has 0 bridgehead atoms. The summed E-state index contributed by atoms with van der Waals surface area (Å²) in [6, 6.07) is 5.36. The van der Waals surface area contributed by atoms with Crippen LogP contribution >= 0.6 is 0 Å². The van der Waals surface area contributed by atoms with E-state index in [1.807, 2.05) is 26.0 Å². The minimum Gasteiger partial charge on any atom is -0.389 e. The van der Waals surface area contributed by atoms with E-state index < -0.39 is 5.60 Å². The molecule has 17 heavy (non-hydrogen) atoms. The highest BCUT2D eigenvalue weighted by atomic mass is 16.3. The molecular weight excluding hydrogens is 216 g/mol. The van der Waals surface area contributed by atoms with Gasteiger partial charge in [-0.15, -0.1) is 0 Å². The summed E-state index contributed by atoms with van der Waals surface area (Å²) >= 11 is 0. The van der Waals surface area contributed by atoms with Gasteiger partial charge >= 0.3 is 0 Å². The second kappa shape index (κ2) is 5.27. The highest BCUT2D eigenvalue weighted by molar-refractivity contribution is 5.92. The Hall–Kier alpha value is -1.42. The Kier molecular flexibility index (Phi) is 4.23. The summed E-state index contributed by atoms with van der Waals surface area (Å²) < 4.78 is 0. The van der Waals surface area contributed by atoms with Crippen molar-refractivity contribution in [1.29, 1.82) is 0 Å². The number of amides is 1. The summed E-state index contributed by atoms with van der Waals surface area (Å²) in [5, 5.41) is 9.76. The van der Waals surface area contributed by atoms with Crippen molar-refractivity contribution < 1.29 is 9.90 Å². The normalized spacial score (nSPS) is 11.4. The largest absolute Gasteiger partial charge is 0.389 e. The van der Waals surface area contributed by atoms with Crippen molar-refractivity contribution >= 4 is 5.91 Å². The number of carbonyl (C=O) groups excluding carboxylic acids is 1. The lowest BCUT2D eigenvalue weighted by molar-refractivity contribution is 0.0311. The lowest BCUT2D eigenvalue weighted by Crippen LogP contribution is -2.42. The van der Waals surface area contributed by atoms with Crippen LogP contribution in [0.25, 0.3) is 0 Å². The fraction of sp³-hybridized carbons (Fsp3) is 0.538. The molecule has 1 amide bonds. The van der Waals surface area contributed by atoms with Crippen molar-refractivity contribution in [2.75, 3.05) is 13.1 Å². The zero-order chi connectivity index (χ0) is 13.1. The molecule has 4 heteroatoms. The van der Waals surface area contributed by atoms with E-state index in [9.17, 15) is 9.90 Å². The predicted molar refractivity (Wildman–Crippen MR) is 66.8 cm³/mol. The summed E-state index contributed by atoms with van der Waals surface area (Å²) in [7, 11) is 0. The molecule has 0 aliphatic carbocycles. The molecule has 1 aromatic rings. The third-order valence-corrected chi connectivity index (χ3v) is 2.35. The molecule has 0 aliphatic rings. The highest BCUT2D eigenvalue weighted by Crippen LogP contribution is 2.09. The van der Waals surface area contributed by atoms with Crippen LogP contribution in [0.15, 0.2) is 18.2 Å². The molecular formula is C13H20N2O2. The molecule has 0 aromatic carbocycles. The number of aromatic nitrogens is 1. The van der Waals surface area contributed by atoms with Crippen LogP contribution in [0.4, 0.5) is 0 Å². The quantitative estimate of drug-likeness (QED) is 0.864. The first kappa shape index (κ1) is 13.6. The SMILES string of the molecule is CCN(CC(C)(C)O)C(=O)c1cccc(C)n1. The van der Waals surface area contributed by atoms with Gasteiger partial charge in [0.1, 0.15) is 5.69 Å². The van der Waals surface area contributed by atoms with E-state index in [1.54, 1.807) is 24.8 Å². The number of carbonyl (C=O) groups is 1. The van der Waals surface area contributed by atoms with Crippen LogP contribution in [0, 0.1) is 6.92 Å². The molecule has 0 atom stereocenters. The number of likely N-dealkylation sites (N-methyl/N-ethyl adjacent to an activating group) is 1. The van der Waals surface area contributed by atoms with Gasteiger partial charge in [-0.25, -0.2) is 4.98 Å². The molecule has 1 aromatic heterocycles. The molecule has 0 saturated carbocycles. The van der Waals surface area contributed by atoms with E-state index in [1.165, 1.54) is 0 Å². The van der Waals surface area contributed by atoms with Crippen LogP contribution in [-0.4, -0.2) is 39.6 Å².